The van der Waals surface area contributed by atoms with Crippen LogP contribution in [0.15, 0.2) is 24.3 Å². The molecule has 2 aliphatic rings. The number of fused-ring (bicyclic) bond motifs is 1. The van der Waals surface area contributed by atoms with Crippen LogP contribution >= 0.6 is 0 Å². The van der Waals surface area contributed by atoms with Crippen LogP contribution in [0.2, 0.25) is 0 Å². The van der Waals surface area contributed by atoms with E-state index in [1.165, 1.54) is 17.5 Å². The van der Waals surface area contributed by atoms with Crippen LogP contribution < -0.4 is 5.32 Å². The highest BCUT2D eigenvalue weighted by molar-refractivity contribution is 5.77. The molecule has 1 aromatic carbocycles. The van der Waals surface area contributed by atoms with E-state index >= 15 is 0 Å². The van der Waals surface area contributed by atoms with Crippen molar-refractivity contribution in [1.82, 2.24) is 10.2 Å². The molecule has 3 rings (SSSR count). The van der Waals surface area contributed by atoms with E-state index in [0.29, 0.717) is 6.42 Å². The maximum atomic E-state index is 12.6. The van der Waals surface area contributed by atoms with E-state index in [2.05, 4.69) is 23.5 Å². The second-order valence-electron chi connectivity index (χ2n) is 6.73. The topological polar surface area (TPSA) is 41.6 Å². The van der Waals surface area contributed by atoms with Gasteiger partial charge < -0.3 is 15.0 Å². The van der Waals surface area contributed by atoms with E-state index < -0.39 is 0 Å². The average Bonchev–Trinajstić information content (AvgIpc) is 2.60. The van der Waals surface area contributed by atoms with Gasteiger partial charge in [-0.15, -0.1) is 0 Å². The van der Waals surface area contributed by atoms with Crippen molar-refractivity contribution in [2.24, 2.45) is 5.92 Å². The molecule has 1 amide bonds. The molecule has 2 aliphatic heterocycles. The first kappa shape index (κ1) is 16.5. The Morgan fingerprint density at radius 3 is 2.87 bits per heavy atom. The lowest BCUT2D eigenvalue weighted by Crippen LogP contribution is -2.40. The van der Waals surface area contributed by atoms with Crippen LogP contribution in [-0.2, 0) is 16.0 Å². The van der Waals surface area contributed by atoms with Gasteiger partial charge in [0.05, 0.1) is 19.1 Å². The van der Waals surface area contributed by atoms with Crippen molar-refractivity contribution in [2.75, 3.05) is 33.3 Å². The zero-order valence-corrected chi connectivity index (χ0v) is 14.1. The number of benzene rings is 1. The minimum Gasteiger partial charge on any atom is -0.373 e. The third-order valence-corrected chi connectivity index (χ3v) is 5.22. The molecule has 1 unspecified atom stereocenters. The Labute approximate surface area is 139 Å². The molecule has 1 saturated heterocycles. The molecule has 126 valence electrons. The number of ether oxygens (including phenoxy) is 1. The van der Waals surface area contributed by atoms with Gasteiger partial charge >= 0.3 is 0 Å². The molecule has 0 radical (unpaired) electrons. The highest BCUT2D eigenvalue weighted by Gasteiger charge is 2.27. The summed E-state index contributed by atoms with van der Waals surface area (Å²) >= 11 is 0. The maximum absolute atomic E-state index is 12.6. The molecule has 0 aromatic heterocycles. The molecule has 2 heterocycles. The van der Waals surface area contributed by atoms with Crippen LogP contribution in [0.1, 0.15) is 42.9 Å². The first-order chi connectivity index (χ1) is 11.3. The van der Waals surface area contributed by atoms with E-state index in [-0.39, 0.29) is 12.0 Å². The van der Waals surface area contributed by atoms with Crippen LogP contribution in [0, 0.1) is 5.92 Å². The highest BCUT2D eigenvalue weighted by atomic mass is 16.5. The van der Waals surface area contributed by atoms with Crippen LogP contribution in [-0.4, -0.2) is 44.1 Å². The van der Waals surface area contributed by atoms with E-state index in [9.17, 15) is 4.79 Å². The standard InChI is InChI=1S/C19H28N2O2/c1-20-10-6-15-7-11-21(12-8-15)19(22)14-18-17-5-3-2-4-16(17)9-13-23-18/h2-5,15,18,20H,6-14H2,1H3. The number of hydrogen-bond acceptors (Lipinski definition) is 3. The summed E-state index contributed by atoms with van der Waals surface area (Å²) in [5, 5.41) is 3.22. The monoisotopic (exact) mass is 316 g/mol. The number of hydrogen-bond donors (Lipinski definition) is 1. The number of piperidine rings is 1. The van der Waals surface area contributed by atoms with Gasteiger partial charge in [0.15, 0.2) is 0 Å². The molecule has 0 aliphatic carbocycles. The summed E-state index contributed by atoms with van der Waals surface area (Å²) < 4.78 is 5.88. The zero-order valence-electron chi connectivity index (χ0n) is 14.1. The summed E-state index contributed by atoms with van der Waals surface area (Å²) in [6, 6.07) is 8.37. The SMILES string of the molecule is CNCCC1CCN(C(=O)CC2OCCc3ccccc32)CC1. The predicted molar refractivity (Wildman–Crippen MR) is 91.3 cm³/mol. The fourth-order valence-corrected chi connectivity index (χ4v) is 3.75. The van der Waals surface area contributed by atoms with Crippen molar-refractivity contribution in [2.45, 2.75) is 38.2 Å². The fraction of sp³-hybridized carbons (Fsp3) is 0.632. The number of carbonyl (C=O) groups is 1. The largest absolute Gasteiger partial charge is 0.373 e. The van der Waals surface area contributed by atoms with E-state index in [1.807, 2.05) is 18.0 Å². The highest BCUT2D eigenvalue weighted by Crippen LogP contribution is 2.30. The van der Waals surface area contributed by atoms with E-state index in [0.717, 1.165) is 51.4 Å². The van der Waals surface area contributed by atoms with Crippen LogP contribution in [0.25, 0.3) is 0 Å². The normalized spacial score (nSPS) is 22.0. The summed E-state index contributed by atoms with van der Waals surface area (Å²) in [5.74, 6) is 1.01. The number of amides is 1. The van der Waals surface area contributed by atoms with Crippen LogP contribution in [0.4, 0.5) is 0 Å². The lowest BCUT2D eigenvalue weighted by molar-refractivity contribution is -0.136. The first-order valence-corrected chi connectivity index (χ1v) is 8.89. The summed E-state index contributed by atoms with van der Waals surface area (Å²) in [7, 11) is 2.00. The van der Waals surface area contributed by atoms with Crippen molar-refractivity contribution < 1.29 is 9.53 Å². The molecule has 1 atom stereocenters. The van der Waals surface area contributed by atoms with Crippen molar-refractivity contribution >= 4 is 5.91 Å². The van der Waals surface area contributed by atoms with E-state index in [4.69, 9.17) is 4.74 Å². The molecule has 1 N–H and O–H groups in total. The average molecular weight is 316 g/mol. The first-order valence-electron chi connectivity index (χ1n) is 8.89. The van der Waals surface area contributed by atoms with Gasteiger partial charge in [0.2, 0.25) is 5.91 Å². The second kappa shape index (κ2) is 7.93. The number of nitrogens with one attached hydrogen (secondary N) is 1. The van der Waals surface area contributed by atoms with Gasteiger partial charge in [0, 0.05) is 13.1 Å². The number of nitrogens with zero attached hydrogens (tertiary/aromatic N) is 1. The van der Waals surface area contributed by atoms with Gasteiger partial charge in [-0.05, 0) is 56.3 Å². The molecular weight excluding hydrogens is 288 g/mol. The van der Waals surface area contributed by atoms with Gasteiger partial charge in [0.25, 0.3) is 0 Å². The van der Waals surface area contributed by atoms with Crippen LogP contribution in [0.5, 0.6) is 0 Å². The third-order valence-electron chi connectivity index (χ3n) is 5.22. The van der Waals surface area contributed by atoms with Gasteiger partial charge in [0.1, 0.15) is 0 Å². The number of likely N-dealkylation sites (tertiary alicyclic amines) is 1. The predicted octanol–water partition coefficient (Wildman–Crippen LogP) is 2.54. The van der Waals surface area contributed by atoms with Gasteiger partial charge in [-0.1, -0.05) is 24.3 Å². The summed E-state index contributed by atoms with van der Waals surface area (Å²) in [4.78, 5) is 14.7. The lowest BCUT2D eigenvalue weighted by atomic mass is 9.92. The van der Waals surface area contributed by atoms with Crippen molar-refractivity contribution in [3.63, 3.8) is 0 Å². The second-order valence-corrected chi connectivity index (χ2v) is 6.73. The molecule has 0 bridgehead atoms. The van der Waals surface area contributed by atoms with Crippen molar-refractivity contribution in [3.8, 4) is 0 Å². The van der Waals surface area contributed by atoms with Crippen molar-refractivity contribution in [1.29, 1.82) is 0 Å². The Kier molecular flexibility index (Phi) is 5.68. The molecule has 4 nitrogen and oxygen atoms in total. The fourth-order valence-electron chi connectivity index (χ4n) is 3.75. The summed E-state index contributed by atoms with van der Waals surface area (Å²) in [6.07, 6.45) is 4.87. The Morgan fingerprint density at radius 1 is 1.30 bits per heavy atom. The van der Waals surface area contributed by atoms with E-state index in [1.54, 1.807) is 0 Å². The Morgan fingerprint density at radius 2 is 2.09 bits per heavy atom. The third kappa shape index (κ3) is 4.12. The summed E-state index contributed by atoms with van der Waals surface area (Å²) in [5.41, 5.74) is 2.54. The van der Waals surface area contributed by atoms with Gasteiger partial charge in [-0.2, -0.15) is 0 Å². The zero-order chi connectivity index (χ0) is 16.1. The molecule has 1 aromatic rings. The Hall–Kier alpha value is -1.39. The van der Waals surface area contributed by atoms with Crippen molar-refractivity contribution in [3.05, 3.63) is 35.4 Å². The van der Waals surface area contributed by atoms with Gasteiger partial charge in [-0.3, -0.25) is 4.79 Å². The maximum Gasteiger partial charge on any atom is 0.225 e. The lowest BCUT2D eigenvalue weighted by Gasteiger charge is -2.34. The quantitative estimate of drug-likeness (QED) is 0.907. The number of carbonyl (C=O) groups excluding carboxylic acids is 1. The van der Waals surface area contributed by atoms with Crippen LogP contribution in [0.3, 0.4) is 0 Å². The minimum atomic E-state index is -0.0607. The smallest absolute Gasteiger partial charge is 0.225 e. The molecule has 1 fully saturated rings. The minimum absolute atomic E-state index is 0.0607. The Balaban J connectivity index is 1.53. The molecular formula is C19H28N2O2. The molecule has 4 heteroatoms. The number of rotatable bonds is 5. The molecule has 23 heavy (non-hydrogen) atoms. The van der Waals surface area contributed by atoms with Gasteiger partial charge in [-0.25, -0.2) is 0 Å². The summed E-state index contributed by atoms with van der Waals surface area (Å²) in [6.45, 7) is 3.61. The molecule has 0 saturated carbocycles. The molecule has 0 spiro atoms. The Bertz CT molecular complexity index is 524.